The van der Waals surface area contributed by atoms with E-state index in [-0.39, 0.29) is 5.91 Å². The van der Waals surface area contributed by atoms with E-state index in [9.17, 15) is 9.59 Å². The summed E-state index contributed by atoms with van der Waals surface area (Å²) in [6.07, 6.45) is 0.675. The van der Waals surface area contributed by atoms with Gasteiger partial charge >= 0.3 is 0 Å². The van der Waals surface area contributed by atoms with Crippen LogP contribution in [0, 0.1) is 0 Å². The standard InChI is InChI=1S/C8H10N2O2S/c1-3-10(6(2)12)8-9-7(4-11)5-13-8/h4-5H,3H2,1-2H3. The number of carbonyl (C=O) groups excluding carboxylic acids is 2. The van der Waals surface area contributed by atoms with Gasteiger partial charge in [-0.1, -0.05) is 0 Å². The van der Waals surface area contributed by atoms with Gasteiger partial charge in [0.25, 0.3) is 0 Å². The van der Waals surface area contributed by atoms with E-state index in [2.05, 4.69) is 4.98 Å². The summed E-state index contributed by atoms with van der Waals surface area (Å²) in [6.45, 7) is 3.91. The van der Waals surface area contributed by atoms with Crippen LogP contribution in [0.4, 0.5) is 5.13 Å². The second kappa shape index (κ2) is 4.13. The zero-order valence-electron chi connectivity index (χ0n) is 7.48. The van der Waals surface area contributed by atoms with Crippen molar-refractivity contribution in [1.82, 2.24) is 4.98 Å². The summed E-state index contributed by atoms with van der Waals surface area (Å²) < 4.78 is 0. The minimum atomic E-state index is -0.0608. The van der Waals surface area contributed by atoms with Crippen LogP contribution < -0.4 is 4.90 Å². The van der Waals surface area contributed by atoms with Gasteiger partial charge in [-0.2, -0.15) is 0 Å². The number of carbonyl (C=O) groups is 2. The summed E-state index contributed by atoms with van der Waals surface area (Å²) in [5.74, 6) is -0.0608. The van der Waals surface area contributed by atoms with Crippen molar-refractivity contribution in [2.75, 3.05) is 11.4 Å². The number of aromatic nitrogens is 1. The highest BCUT2D eigenvalue weighted by atomic mass is 32.1. The average Bonchev–Trinajstić information content (AvgIpc) is 2.53. The molecule has 70 valence electrons. The molecule has 0 saturated heterocycles. The average molecular weight is 198 g/mol. The smallest absolute Gasteiger partial charge is 0.225 e. The van der Waals surface area contributed by atoms with Gasteiger partial charge in [-0.15, -0.1) is 11.3 Å². The molecule has 0 unspecified atom stereocenters. The molecular formula is C8H10N2O2S. The van der Waals surface area contributed by atoms with Crippen LogP contribution in [0.1, 0.15) is 24.3 Å². The fourth-order valence-corrected chi connectivity index (χ4v) is 1.82. The Morgan fingerprint density at radius 3 is 2.85 bits per heavy atom. The third kappa shape index (κ3) is 2.12. The van der Waals surface area contributed by atoms with Crippen molar-refractivity contribution in [2.45, 2.75) is 13.8 Å². The summed E-state index contributed by atoms with van der Waals surface area (Å²) in [7, 11) is 0. The lowest BCUT2D eigenvalue weighted by molar-refractivity contribution is -0.116. The lowest BCUT2D eigenvalue weighted by Crippen LogP contribution is -2.27. The SMILES string of the molecule is CCN(C(C)=O)c1nc(C=O)cs1. The molecule has 1 heterocycles. The maximum Gasteiger partial charge on any atom is 0.225 e. The first-order chi connectivity index (χ1) is 6.19. The quantitative estimate of drug-likeness (QED) is 0.688. The monoisotopic (exact) mass is 198 g/mol. The Morgan fingerprint density at radius 2 is 2.46 bits per heavy atom. The van der Waals surface area contributed by atoms with Crippen LogP contribution in [-0.4, -0.2) is 23.7 Å². The van der Waals surface area contributed by atoms with Crippen LogP contribution in [-0.2, 0) is 4.79 Å². The van der Waals surface area contributed by atoms with E-state index in [1.165, 1.54) is 23.2 Å². The second-order valence-electron chi connectivity index (χ2n) is 2.44. The van der Waals surface area contributed by atoms with E-state index in [1.807, 2.05) is 6.92 Å². The maximum atomic E-state index is 11.1. The number of hydrogen-bond donors (Lipinski definition) is 0. The number of nitrogens with zero attached hydrogens (tertiary/aromatic N) is 2. The molecule has 0 saturated carbocycles. The van der Waals surface area contributed by atoms with E-state index >= 15 is 0 Å². The van der Waals surface area contributed by atoms with Crippen LogP contribution in [0.25, 0.3) is 0 Å². The molecular weight excluding hydrogens is 188 g/mol. The zero-order valence-corrected chi connectivity index (χ0v) is 8.30. The zero-order chi connectivity index (χ0) is 9.84. The third-order valence-corrected chi connectivity index (χ3v) is 2.44. The summed E-state index contributed by atoms with van der Waals surface area (Å²) in [4.78, 5) is 26.9. The number of rotatable bonds is 3. The van der Waals surface area contributed by atoms with Gasteiger partial charge < -0.3 is 0 Å². The highest BCUT2D eigenvalue weighted by Gasteiger charge is 2.12. The van der Waals surface area contributed by atoms with E-state index in [1.54, 1.807) is 5.38 Å². The summed E-state index contributed by atoms with van der Waals surface area (Å²) in [5.41, 5.74) is 0.375. The maximum absolute atomic E-state index is 11.1. The van der Waals surface area contributed by atoms with E-state index in [4.69, 9.17) is 0 Å². The molecule has 0 N–H and O–H groups in total. The van der Waals surface area contributed by atoms with Crippen LogP contribution in [0.2, 0.25) is 0 Å². The third-order valence-electron chi connectivity index (χ3n) is 1.56. The predicted octanol–water partition coefficient (Wildman–Crippen LogP) is 1.33. The van der Waals surface area contributed by atoms with Gasteiger partial charge in [-0.05, 0) is 6.92 Å². The minimum absolute atomic E-state index is 0.0608. The van der Waals surface area contributed by atoms with Gasteiger partial charge in [-0.25, -0.2) is 4.98 Å². The molecule has 0 atom stereocenters. The van der Waals surface area contributed by atoms with Gasteiger partial charge in [0.1, 0.15) is 5.69 Å². The molecule has 0 radical (unpaired) electrons. The second-order valence-corrected chi connectivity index (χ2v) is 3.27. The molecule has 1 aromatic heterocycles. The van der Waals surface area contributed by atoms with Gasteiger partial charge in [0.15, 0.2) is 11.4 Å². The summed E-state index contributed by atoms with van der Waals surface area (Å²) in [5, 5.41) is 2.21. The van der Waals surface area contributed by atoms with Crippen LogP contribution in [0.5, 0.6) is 0 Å². The number of thiazole rings is 1. The molecule has 0 aliphatic carbocycles. The first kappa shape index (κ1) is 9.85. The number of aldehydes is 1. The highest BCUT2D eigenvalue weighted by Crippen LogP contribution is 2.19. The first-order valence-electron chi connectivity index (χ1n) is 3.87. The largest absolute Gasteiger partial charge is 0.296 e. The van der Waals surface area contributed by atoms with Crippen molar-refractivity contribution in [3.05, 3.63) is 11.1 Å². The van der Waals surface area contributed by atoms with E-state index in [0.29, 0.717) is 23.7 Å². The molecule has 1 rings (SSSR count). The predicted molar refractivity (Wildman–Crippen MR) is 51.2 cm³/mol. The fraction of sp³-hybridized carbons (Fsp3) is 0.375. The van der Waals surface area contributed by atoms with Crippen molar-refractivity contribution >= 4 is 28.7 Å². The molecule has 4 nitrogen and oxygen atoms in total. The molecule has 0 bridgehead atoms. The Labute approximate surface area is 80.2 Å². The highest BCUT2D eigenvalue weighted by molar-refractivity contribution is 7.14. The molecule has 1 aromatic rings. The normalized spacial score (nSPS) is 9.69. The molecule has 13 heavy (non-hydrogen) atoms. The molecule has 0 fully saturated rings. The van der Waals surface area contributed by atoms with Gasteiger partial charge in [0, 0.05) is 18.8 Å². The van der Waals surface area contributed by atoms with E-state index < -0.39 is 0 Å². The van der Waals surface area contributed by atoms with Crippen molar-refractivity contribution in [1.29, 1.82) is 0 Å². The Morgan fingerprint density at radius 1 is 1.77 bits per heavy atom. The van der Waals surface area contributed by atoms with Crippen molar-refractivity contribution < 1.29 is 9.59 Å². The molecule has 0 aromatic carbocycles. The molecule has 0 aliphatic rings. The number of anilines is 1. The van der Waals surface area contributed by atoms with Crippen molar-refractivity contribution in [3.63, 3.8) is 0 Å². The first-order valence-corrected chi connectivity index (χ1v) is 4.75. The van der Waals surface area contributed by atoms with Gasteiger partial charge in [0.05, 0.1) is 0 Å². The Hall–Kier alpha value is -1.23. The fourth-order valence-electron chi connectivity index (χ4n) is 0.947. The Balaban J connectivity index is 2.91. The molecule has 0 aliphatic heterocycles. The molecule has 0 spiro atoms. The summed E-state index contributed by atoms with van der Waals surface area (Å²) >= 11 is 1.30. The van der Waals surface area contributed by atoms with Gasteiger partial charge in [0.2, 0.25) is 5.91 Å². The lowest BCUT2D eigenvalue weighted by atomic mass is 10.5. The topological polar surface area (TPSA) is 50.3 Å². The number of hydrogen-bond acceptors (Lipinski definition) is 4. The summed E-state index contributed by atoms with van der Waals surface area (Å²) in [6, 6.07) is 0. The minimum Gasteiger partial charge on any atom is -0.296 e. The van der Waals surface area contributed by atoms with E-state index in [0.717, 1.165) is 0 Å². The van der Waals surface area contributed by atoms with Crippen LogP contribution >= 0.6 is 11.3 Å². The molecule has 1 amide bonds. The van der Waals surface area contributed by atoms with Crippen LogP contribution in [0.15, 0.2) is 5.38 Å². The van der Waals surface area contributed by atoms with Crippen molar-refractivity contribution in [2.24, 2.45) is 0 Å². The van der Waals surface area contributed by atoms with Crippen molar-refractivity contribution in [3.8, 4) is 0 Å². The number of amides is 1. The Bertz CT molecular complexity index is 322. The Kier molecular flexibility index (Phi) is 3.13. The molecule has 5 heteroatoms. The van der Waals surface area contributed by atoms with Gasteiger partial charge in [-0.3, -0.25) is 14.5 Å². The lowest BCUT2D eigenvalue weighted by Gasteiger charge is -2.14. The van der Waals surface area contributed by atoms with Crippen LogP contribution in [0.3, 0.4) is 0 Å².